The van der Waals surface area contributed by atoms with Crippen molar-refractivity contribution < 1.29 is 13.2 Å². The van der Waals surface area contributed by atoms with Crippen molar-refractivity contribution >= 4 is 27.3 Å². The topological polar surface area (TPSA) is 69.7 Å². The second-order valence-corrected chi connectivity index (χ2v) is 10.7. The van der Waals surface area contributed by atoms with Crippen LogP contribution in [0.3, 0.4) is 0 Å². The van der Waals surface area contributed by atoms with Crippen LogP contribution in [-0.2, 0) is 14.8 Å². The molecule has 0 radical (unpaired) electrons. The van der Waals surface area contributed by atoms with E-state index in [4.69, 9.17) is 0 Å². The molecule has 6 nitrogen and oxygen atoms in total. The summed E-state index contributed by atoms with van der Waals surface area (Å²) in [5.74, 6) is -0.163. The molecule has 0 spiro atoms. The monoisotopic (exact) mass is 399 g/mol. The molecule has 1 aromatic heterocycles. The van der Waals surface area contributed by atoms with Crippen LogP contribution in [0, 0.1) is 6.92 Å². The molecule has 0 bridgehead atoms. The lowest BCUT2D eigenvalue weighted by Crippen LogP contribution is -2.48. The molecular weight excluding hydrogens is 370 g/mol. The van der Waals surface area contributed by atoms with Crippen LogP contribution in [0.4, 0.5) is 0 Å². The summed E-state index contributed by atoms with van der Waals surface area (Å²) in [5, 5.41) is 2.97. The summed E-state index contributed by atoms with van der Waals surface area (Å²) >= 11 is 1.26. The maximum absolute atomic E-state index is 12.9. The van der Waals surface area contributed by atoms with Gasteiger partial charge in [-0.25, -0.2) is 8.42 Å². The fraction of sp³-hybridized carbons (Fsp3) is 0.722. The van der Waals surface area contributed by atoms with Crippen molar-refractivity contribution in [3.8, 4) is 0 Å². The molecule has 3 rings (SSSR count). The molecule has 0 aliphatic carbocycles. The van der Waals surface area contributed by atoms with Gasteiger partial charge in [0.05, 0.1) is 0 Å². The molecule has 26 heavy (non-hydrogen) atoms. The lowest BCUT2D eigenvalue weighted by molar-refractivity contribution is -0.124. The van der Waals surface area contributed by atoms with Crippen LogP contribution in [0.25, 0.3) is 0 Å². The molecule has 2 aliphatic rings. The van der Waals surface area contributed by atoms with E-state index in [-0.39, 0.29) is 5.91 Å². The van der Waals surface area contributed by atoms with Crippen LogP contribution in [0.2, 0.25) is 0 Å². The van der Waals surface area contributed by atoms with Crippen molar-refractivity contribution in [1.29, 1.82) is 0 Å². The van der Waals surface area contributed by atoms with Crippen LogP contribution in [0.15, 0.2) is 16.3 Å². The number of amides is 1. The van der Waals surface area contributed by atoms with E-state index in [2.05, 4.69) is 17.1 Å². The Morgan fingerprint density at radius 2 is 2.04 bits per heavy atom. The predicted octanol–water partition coefficient (Wildman–Crippen LogP) is 2.20. The SMILES string of the molecule is Cc1ccc(S(=O)(=O)N2CCCC2C(=O)NCCN2CCCCC2C)s1. The van der Waals surface area contributed by atoms with E-state index < -0.39 is 16.1 Å². The van der Waals surface area contributed by atoms with Crippen molar-refractivity contribution in [1.82, 2.24) is 14.5 Å². The molecule has 1 N–H and O–H groups in total. The number of likely N-dealkylation sites (tertiary alicyclic amines) is 1. The fourth-order valence-corrected chi connectivity index (χ4v) is 6.96. The Morgan fingerprint density at radius 1 is 1.23 bits per heavy atom. The van der Waals surface area contributed by atoms with Gasteiger partial charge in [0.1, 0.15) is 10.3 Å². The molecule has 8 heteroatoms. The molecule has 0 saturated carbocycles. The number of thiophene rings is 1. The van der Waals surface area contributed by atoms with Crippen molar-refractivity contribution in [2.45, 2.75) is 62.2 Å². The van der Waals surface area contributed by atoms with Crippen molar-refractivity contribution in [3.63, 3.8) is 0 Å². The van der Waals surface area contributed by atoms with E-state index in [0.29, 0.717) is 29.8 Å². The Labute approximate surface area is 160 Å². The zero-order valence-electron chi connectivity index (χ0n) is 15.6. The number of hydrogen-bond acceptors (Lipinski definition) is 5. The molecule has 0 aromatic carbocycles. The quantitative estimate of drug-likeness (QED) is 0.796. The van der Waals surface area contributed by atoms with Crippen molar-refractivity contribution in [2.75, 3.05) is 26.2 Å². The van der Waals surface area contributed by atoms with Gasteiger partial charge in [-0.3, -0.25) is 9.69 Å². The molecule has 2 aliphatic heterocycles. The first-order valence-electron chi connectivity index (χ1n) is 9.49. The maximum atomic E-state index is 12.9. The van der Waals surface area contributed by atoms with E-state index >= 15 is 0 Å². The van der Waals surface area contributed by atoms with Gasteiger partial charge in [-0.05, 0) is 58.2 Å². The van der Waals surface area contributed by atoms with Crippen LogP contribution < -0.4 is 5.32 Å². The van der Waals surface area contributed by atoms with E-state index in [9.17, 15) is 13.2 Å². The molecule has 3 heterocycles. The lowest BCUT2D eigenvalue weighted by atomic mass is 10.0. The largest absolute Gasteiger partial charge is 0.353 e. The number of hydrogen-bond donors (Lipinski definition) is 1. The Morgan fingerprint density at radius 3 is 2.73 bits per heavy atom. The highest BCUT2D eigenvalue weighted by Gasteiger charge is 2.39. The van der Waals surface area contributed by atoms with E-state index in [1.807, 2.05) is 13.0 Å². The average Bonchev–Trinajstić information content (AvgIpc) is 3.26. The van der Waals surface area contributed by atoms with Gasteiger partial charge >= 0.3 is 0 Å². The standard InChI is InChI=1S/C18H29N3O3S2/c1-14-6-3-4-11-20(14)13-10-19-18(22)16-7-5-12-21(16)26(23,24)17-9-8-15(2)25-17/h8-9,14,16H,3-7,10-13H2,1-2H3,(H,19,22). The third-order valence-corrected chi connectivity index (χ3v) is 8.80. The third kappa shape index (κ3) is 4.30. The number of nitrogens with zero attached hydrogens (tertiary/aromatic N) is 2. The molecule has 2 unspecified atom stereocenters. The summed E-state index contributed by atoms with van der Waals surface area (Å²) < 4.78 is 27.5. The summed E-state index contributed by atoms with van der Waals surface area (Å²) in [4.78, 5) is 16.0. The van der Waals surface area contributed by atoms with Crippen molar-refractivity contribution in [3.05, 3.63) is 17.0 Å². The van der Waals surface area contributed by atoms with Gasteiger partial charge in [0.15, 0.2) is 0 Å². The second kappa shape index (κ2) is 8.37. The first kappa shape index (κ1) is 19.8. The van der Waals surface area contributed by atoms with Gasteiger partial charge in [0, 0.05) is 30.6 Å². The van der Waals surface area contributed by atoms with E-state index in [0.717, 1.165) is 24.4 Å². The number of sulfonamides is 1. The highest BCUT2D eigenvalue weighted by molar-refractivity contribution is 7.91. The van der Waals surface area contributed by atoms with Crippen molar-refractivity contribution in [2.24, 2.45) is 0 Å². The minimum Gasteiger partial charge on any atom is -0.353 e. The molecular formula is C18H29N3O3S2. The van der Waals surface area contributed by atoms with Crippen LogP contribution in [-0.4, -0.2) is 61.8 Å². The van der Waals surface area contributed by atoms with Gasteiger partial charge in [-0.15, -0.1) is 11.3 Å². The molecule has 2 saturated heterocycles. The minimum absolute atomic E-state index is 0.163. The normalized spacial score (nSPS) is 25.5. The average molecular weight is 400 g/mol. The minimum atomic E-state index is -3.59. The van der Waals surface area contributed by atoms with Gasteiger partial charge in [-0.2, -0.15) is 4.31 Å². The third-order valence-electron chi connectivity index (χ3n) is 5.42. The van der Waals surface area contributed by atoms with E-state index in [1.54, 1.807) is 6.07 Å². The first-order valence-corrected chi connectivity index (χ1v) is 11.8. The van der Waals surface area contributed by atoms with Crippen LogP contribution >= 0.6 is 11.3 Å². The molecule has 1 amide bonds. The van der Waals surface area contributed by atoms with Crippen LogP contribution in [0.1, 0.15) is 43.9 Å². The Hall–Kier alpha value is -0.960. The van der Waals surface area contributed by atoms with Gasteiger partial charge in [-0.1, -0.05) is 6.42 Å². The number of piperidine rings is 1. The summed E-state index contributed by atoms with van der Waals surface area (Å²) in [6, 6.07) is 3.43. The second-order valence-electron chi connectivity index (χ2n) is 7.31. The van der Waals surface area contributed by atoms with Gasteiger partial charge in [0.25, 0.3) is 10.0 Å². The summed E-state index contributed by atoms with van der Waals surface area (Å²) in [7, 11) is -3.59. The molecule has 2 fully saturated rings. The summed E-state index contributed by atoms with van der Waals surface area (Å²) in [5.41, 5.74) is 0. The summed E-state index contributed by atoms with van der Waals surface area (Å²) in [6.45, 7) is 7.02. The zero-order chi connectivity index (χ0) is 18.7. The lowest BCUT2D eigenvalue weighted by Gasteiger charge is -2.33. The molecule has 1 aromatic rings. The van der Waals surface area contributed by atoms with Crippen LogP contribution in [0.5, 0.6) is 0 Å². The Bertz CT molecular complexity index is 732. The smallest absolute Gasteiger partial charge is 0.253 e. The Balaban J connectivity index is 1.58. The number of nitrogens with one attached hydrogen (secondary N) is 1. The summed E-state index contributed by atoms with van der Waals surface area (Å²) in [6.07, 6.45) is 5.03. The van der Waals surface area contributed by atoms with E-state index in [1.165, 1.54) is 34.9 Å². The number of carbonyl (C=O) groups is 1. The molecule has 2 atom stereocenters. The molecule has 146 valence electrons. The fourth-order valence-electron chi connectivity index (χ4n) is 3.89. The first-order chi connectivity index (χ1) is 12.4. The Kier molecular flexibility index (Phi) is 6.37. The maximum Gasteiger partial charge on any atom is 0.253 e. The number of aryl methyl sites for hydroxylation is 1. The number of rotatable bonds is 6. The zero-order valence-corrected chi connectivity index (χ0v) is 17.2. The van der Waals surface area contributed by atoms with Gasteiger partial charge < -0.3 is 5.32 Å². The number of carbonyl (C=O) groups excluding carboxylic acids is 1. The van der Waals surface area contributed by atoms with Gasteiger partial charge in [0.2, 0.25) is 5.91 Å². The highest BCUT2D eigenvalue weighted by atomic mass is 32.2. The predicted molar refractivity (Wildman–Crippen MR) is 104 cm³/mol. The highest BCUT2D eigenvalue weighted by Crippen LogP contribution is 2.30.